The molecule has 306 valence electrons. The second kappa shape index (κ2) is 15.6. The minimum Gasteiger partial charge on any atom is -0.398 e. The molecule has 0 saturated carbocycles. The highest BCUT2D eigenvalue weighted by Gasteiger charge is 2.18. The molecule has 65 heavy (non-hydrogen) atoms. The zero-order valence-electron chi connectivity index (χ0n) is 35.6. The number of nitrogens with zero attached hydrogens (tertiary/aromatic N) is 3. The number of benzene rings is 10. The van der Waals surface area contributed by atoms with Crippen molar-refractivity contribution < 1.29 is 0 Å². The molecule has 2 heterocycles. The van der Waals surface area contributed by atoms with Crippen LogP contribution in [0.1, 0.15) is 16.7 Å². The van der Waals surface area contributed by atoms with E-state index in [0.717, 1.165) is 66.7 Å². The molecule has 10 aromatic carbocycles. The van der Waals surface area contributed by atoms with Crippen molar-refractivity contribution in [3.63, 3.8) is 0 Å². The monoisotopic (exact) mass is 830 g/mol. The van der Waals surface area contributed by atoms with Crippen LogP contribution in [0.15, 0.2) is 242 Å². The highest BCUT2D eigenvalue weighted by atomic mass is 15.0. The second-order valence-electron chi connectivity index (χ2n) is 16.7. The van der Waals surface area contributed by atoms with Gasteiger partial charge in [-0.15, -0.1) is 0 Å². The van der Waals surface area contributed by atoms with E-state index in [4.69, 9.17) is 10.7 Å². The second-order valence-corrected chi connectivity index (χ2v) is 16.7. The van der Waals surface area contributed by atoms with Crippen molar-refractivity contribution in [2.24, 2.45) is 4.99 Å². The van der Waals surface area contributed by atoms with E-state index >= 15 is 0 Å². The molecule has 0 unspecified atom stereocenters. The zero-order valence-corrected chi connectivity index (χ0v) is 35.6. The Morgan fingerprint density at radius 3 is 1.45 bits per heavy atom. The lowest BCUT2D eigenvalue weighted by molar-refractivity contribution is 1.18. The summed E-state index contributed by atoms with van der Waals surface area (Å²) in [6.07, 6.45) is 0. The van der Waals surface area contributed by atoms with E-state index in [-0.39, 0.29) is 0 Å². The van der Waals surface area contributed by atoms with Gasteiger partial charge in [0.05, 0.1) is 33.5 Å². The van der Waals surface area contributed by atoms with Crippen LogP contribution in [0, 0.1) is 0 Å². The highest BCUT2D eigenvalue weighted by molar-refractivity contribution is 6.24. The van der Waals surface area contributed by atoms with E-state index in [9.17, 15) is 0 Å². The van der Waals surface area contributed by atoms with Crippen molar-refractivity contribution in [3.05, 3.63) is 254 Å². The van der Waals surface area contributed by atoms with Gasteiger partial charge in [0.15, 0.2) is 0 Å². The fraction of sp³-hybridized carbons (Fsp3) is 0. The highest BCUT2D eigenvalue weighted by Crippen LogP contribution is 2.39. The van der Waals surface area contributed by atoms with Crippen LogP contribution in [-0.4, -0.2) is 14.8 Å². The lowest BCUT2D eigenvalue weighted by Gasteiger charge is -2.15. The SMILES string of the molecule is C=C(N=C(c1ccc(-c2ccccc2)cc1)c1c(N)ccc2ccccc12)c1ccc(-n2c3ccccc3c3cc(-c4ccc5c(c4)c4ccccc4n5-c4ccccc4)ccc32)cc1. The Labute approximate surface area is 377 Å². The van der Waals surface area contributed by atoms with Gasteiger partial charge < -0.3 is 14.9 Å². The molecule has 0 saturated heterocycles. The van der Waals surface area contributed by atoms with Gasteiger partial charge in [0, 0.05) is 49.7 Å². The van der Waals surface area contributed by atoms with Gasteiger partial charge in [-0.1, -0.05) is 170 Å². The average molecular weight is 831 g/mol. The third-order valence-electron chi connectivity index (χ3n) is 12.9. The molecule has 0 amide bonds. The van der Waals surface area contributed by atoms with Crippen LogP contribution in [0.2, 0.25) is 0 Å². The van der Waals surface area contributed by atoms with Crippen LogP contribution in [0.25, 0.3) is 93.7 Å². The summed E-state index contributed by atoms with van der Waals surface area (Å²) in [5, 5.41) is 7.05. The Kier molecular flexibility index (Phi) is 9.10. The topological polar surface area (TPSA) is 48.2 Å². The summed E-state index contributed by atoms with van der Waals surface area (Å²) in [6, 6.07) is 81.7. The molecule has 4 heteroatoms. The van der Waals surface area contributed by atoms with E-state index in [1.54, 1.807) is 0 Å². The largest absolute Gasteiger partial charge is 0.398 e. The van der Waals surface area contributed by atoms with E-state index in [1.165, 1.54) is 43.7 Å². The third-order valence-corrected chi connectivity index (χ3v) is 12.9. The van der Waals surface area contributed by atoms with E-state index in [1.807, 2.05) is 12.1 Å². The molecular formula is C61H42N4. The fourth-order valence-electron chi connectivity index (χ4n) is 9.71. The number of nitrogens with two attached hydrogens (primary N) is 1. The van der Waals surface area contributed by atoms with Crippen molar-refractivity contribution in [1.29, 1.82) is 0 Å². The predicted molar refractivity (Wildman–Crippen MR) is 275 cm³/mol. The zero-order chi connectivity index (χ0) is 43.4. The van der Waals surface area contributed by atoms with Crippen molar-refractivity contribution in [2.45, 2.75) is 0 Å². The Hall–Kier alpha value is -8.73. The quantitative estimate of drug-likeness (QED) is 0.120. The Bertz CT molecular complexity index is 3820. The number of fused-ring (bicyclic) bond motifs is 7. The molecule has 0 aliphatic carbocycles. The number of rotatable bonds is 8. The van der Waals surface area contributed by atoms with E-state index in [0.29, 0.717) is 11.4 Å². The molecule has 0 bridgehead atoms. The third kappa shape index (κ3) is 6.51. The Morgan fingerprint density at radius 2 is 0.831 bits per heavy atom. The summed E-state index contributed by atoms with van der Waals surface area (Å²) in [5.41, 5.74) is 23.3. The summed E-state index contributed by atoms with van der Waals surface area (Å²) in [6.45, 7) is 4.54. The number of para-hydroxylation sites is 3. The first-order valence-electron chi connectivity index (χ1n) is 22.0. The predicted octanol–water partition coefficient (Wildman–Crippen LogP) is 15.5. The van der Waals surface area contributed by atoms with Crippen LogP contribution in [0.4, 0.5) is 5.69 Å². The molecule has 0 aliphatic heterocycles. The first-order valence-corrected chi connectivity index (χ1v) is 22.0. The van der Waals surface area contributed by atoms with Gasteiger partial charge in [-0.3, -0.25) is 0 Å². The minimum absolute atomic E-state index is 0.654. The molecule has 0 aliphatic rings. The average Bonchev–Trinajstić information content (AvgIpc) is 3.88. The summed E-state index contributed by atoms with van der Waals surface area (Å²) >= 11 is 0. The maximum atomic E-state index is 6.82. The molecule has 2 N–H and O–H groups in total. The van der Waals surface area contributed by atoms with Gasteiger partial charge >= 0.3 is 0 Å². The fourth-order valence-corrected chi connectivity index (χ4v) is 9.71. The van der Waals surface area contributed by atoms with Gasteiger partial charge in [-0.2, -0.15) is 0 Å². The van der Waals surface area contributed by atoms with E-state index < -0.39 is 0 Å². The van der Waals surface area contributed by atoms with E-state index in [2.05, 4.69) is 234 Å². The standard InChI is InChI=1S/C61H42N4/c1-40(63-61(60-50-19-9-8-16-44(50)30-35-55(60)62)45-26-24-43(25-27-45)42-14-4-2-5-15-42)41-28-33-49(34-29-41)65-57-23-13-11-21-52(57)54-39-47(32-37-59(54)65)46-31-36-58-53(38-46)51-20-10-12-22-56(51)64(58)48-17-6-3-7-18-48/h2-39H,1,62H2. The smallest absolute Gasteiger partial charge is 0.0808 e. The minimum atomic E-state index is 0.654. The van der Waals surface area contributed by atoms with Crippen LogP contribution >= 0.6 is 0 Å². The molecule has 0 spiro atoms. The van der Waals surface area contributed by atoms with Gasteiger partial charge in [-0.25, -0.2) is 4.99 Å². The molecule has 0 fully saturated rings. The number of anilines is 1. The number of hydrogen-bond donors (Lipinski definition) is 1. The molecular weight excluding hydrogens is 789 g/mol. The summed E-state index contributed by atoms with van der Waals surface area (Å²) in [4.78, 5) is 5.32. The van der Waals surface area contributed by atoms with Crippen molar-refractivity contribution in [3.8, 4) is 33.6 Å². The van der Waals surface area contributed by atoms with Gasteiger partial charge in [-0.05, 0) is 105 Å². The Balaban J connectivity index is 0.923. The summed E-state index contributed by atoms with van der Waals surface area (Å²) in [5.74, 6) is 0. The molecule has 0 radical (unpaired) electrons. The van der Waals surface area contributed by atoms with Crippen LogP contribution < -0.4 is 5.73 Å². The van der Waals surface area contributed by atoms with Crippen LogP contribution in [-0.2, 0) is 0 Å². The number of aliphatic imine (C=N–C) groups is 1. The maximum absolute atomic E-state index is 6.82. The molecule has 0 atom stereocenters. The lowest BCUT2D eigenvalue weighted by Crippen LogP contribution is -2.08. The lowest BCUT2D eigenvalue weighted by atomic mass is 9.93. The number of aromatic nitrogens is 2. The maximum Gasteiger partial charge on any atom is 0.0808 e. The van der Waals surface area contributed by atoms with Crippen LogP contribution in [0.3, 0.4) is 0 Å². The van der Waals surface area contributed by atoms with Crippen molar-refractivity contribution in [1.82, 2.24) is 9.13 Å². The normalized spacial score (nSPS) is 11.9. The number of hydrogen-bond acceptors (Lipinski definition) is 2. The first kappa shape index (κ1) is 38.0. The summed E-state index contributed by atoms with van der Waals surface area (Å²) < 4.78 is 4.72. The van der Waals surface area contributed by atoms with Crippen molar-refractivity contribution in [2.75, 3.05) is 5.73 Å². The van der Waals surface area contributed by atoms with Crippen LogP contribution in [0.5, 0.6) is 0 Å². The first-order chi connectivity index (χ1) is 32.1. The molecule has 4 nitrogen and oxygen atoms in total. The molecule has 12 rings (SSSR count). The Morgan fingerprint density at radius 1 is 0.369 bits per heavy atom. The number of nitrogen functional groups attached to an aromatic ring is 1. The van der Waals surface area contributed by atoms with Gasteiger partial charge in [0.1, 0.15) is 0 Å². The van der Waals surface area contributed by atoms with Crippen molar-refractivity contribution >= 4 is 71.5 Å². The summed E-state index contributed by atoms with van der Waals surface area (Å²) in [7, 11) is 0. The van der Waals surface area contributed by atoms with Gasteiger partial charge in [0.2, 0.25) is 0 Å². The molecule has 12 aromatic rings. The van der Waals surface area contributed by atoms with Gasteiger partial charge in [0.25, 0.3) is 0 Å². The molecule has 2 aromatic heterocycles.